The summed E-state index contributed by atoms with van der Waals surface area (Å²) >= 11 is 0. The Bertz CT molecular complexity index is 251. The fourth-order valence-electron chi connectivity index (χ4n) is 2.03. The van der Waals surface area contributed by atoms with E-state index in [0.29, 0.717) is 5.92 Å². The third-order valence-electron chi connectivity index (χ3n) is 3.29. The van der Waals surface area contributed by atoms with Gasteiger partial charge in [-0.15, -0.1) is 0 Å². The molecule has 0 amide bonds. The van der Waals surface area contributed by atoms with Gasteiger partial charge in [-0.2, -0.15) is 0 Å². The zero-order valence-electron chi connectivity index (χ0n) is 9.22. The molecular formula is C11H19NO. The third kappa shape index (κ3) is 1.77. The fourth-order valence-corrected chi connectivity index (χ4v) is 2.03. The third-order valence-corrected chi connectivity index (χ3v) is 3.29. The van der Waals surface area contributed by atoms with Crippen molar-refractivity contribution in [1.82, 2.24) is 0 Å². The van der Waals surface area contributed by atoms with Gasteiger partial charge in [0, 0.05) is 5.92 Å². The predicted molar refractivity (Wildman–Crippen MR) is 55.8 cm³/mol. The van der Waals surface area contributed by atoms with Gasteiger partial charge in [-0.1, -0.05) is 30.7 Å². The van der Waals surface area contributed by atoms with Gasteiger partial charge >= 0.3 is 0 Å². The lowest BCUT2D eigenvalue weighted by Gasteiger charge is -2.29. The first-order valence-electron chi connectivity index (χ1n) is 4.75. The summed E-state index contributed by atoms with van der Waals surface area (Å²) in [6.45, 7) is 8.78. The number of hydrogen-bond donors (Lipinski definition) is 0. The second kappa shape index (κ2) is 3.52. The van der Waals surface area contributed by atoms with Crippen LogP contribution in [0.2, 0.25) is 0 Å². The maximum atomic E-state index is 4.81. The van der Waals surface area contributed by atoms with Crippen LogP contribution in [0, 0.1) is 11.3 Å². The van der Waals surface area contributed by atoms with E-state index >= 15 is 0 Å². The van der Waals surface area contributed by atoms with Crippen molar-refractivity contribution in [2.45, 2.75) is 34.1 Å². The molecule has 0 fully saturated rings. The van der Waals surface area contributed by atoms with Gasteiger partial charge in [-0.05, 0) is 25.7 Å². The number of rotatable bonds is 2. The van der Waals surface area contributed by atoms with Crippen LogP contribution in [0.15, 0.2) is 16.8 Å². The molecule has 1 unspecified atom stereocenters. The molecule has 2 nitrogen and oxygen atoms in total. The summed E-state index contributed by atoms with van der Waals surface area (Å²) < 4.78 is 0. The molecule has 0 saturated heterocycles. The molecule has 0 aromatic carbocycles. The van der Waals surface area contributed by atoms with Crippen molar-refractivity contribution in [1.29, 1.82) is 0 Å². The van der Waals surface area contributed by atoms with E-state index in [1.165, 1.54) is 5.57 Å². The van der Waals surface area contributed by atoms with Crippen molar-refractivity contribution in [3.8, 4) is 0 Å². The molecule has 74 valence electrons. The van der Waals surface area contributed by atoms with Crippen LogP contribution in [0.25, 0.3) is 0 Å². The highest BCUT2D eigenvalue weighted by molar-refractivity contribution is 5.85. The fraction of sp³-hybridized carbons (Fsp3) is 0.727. The van der Waals surface area contributed by atoms with Crippen molar-refractivity contribution >= 4 is 5.71 Å². The van der Waals surface area contributed by atoms with Gasteiger partial charge in [-0.25, -0.2) is 0 Å². The molecule has 0 saturated carbocycles. The molecule has 1 atom stereocenters. The van der Waals surface area contributed by atoms with Gasteiger partial charge in [0.15, 0.2) is 0 Å². The Balaban J connectivity index is 2.82. The summed E-state index contributed by atoms with van der Waals surface area (Å²) in [5, 5.41) is 4.02. The van der Waals surface area contributed by atoms with Crippen molar-refractivity contribution in [2.24, 2.45) is 16.5 Å². The van der Waals surface area contributed by atoms with E-state index in [1.807, 2.05) is 6.92 Å². The van der Waals surface area contributed by atoms with E-state index in [-0.39, 0.29) is 5.41 Å². The largest absolute Gasteiger partial charge is 0.399 e. The topological polar surface area (TPSA) is 21.6 Å². The smallest absolute Gasteiger partial charge is 0.106 e. The molecule has 0 aliphatic heterocycles. The number of oxime groups is 1. The van der Waals surface area contributed by atoms with Crippen molar-refractivity contribution < 1.29 is 4.84 Å². The Morgan fingerprint density at radius 3 is 2.62 bits per heavy atom. The predicted octanol–water partition coefficient (Wildman–Crippen LogP) is 3.00. The monoisotopic (exact) mass is 181 g/mol. The lowest BCUT2D eigenvalue weighted by Crippen LogP contribution is -2.26. The second-order valence-corrected chi connectivity index (χ2v) is 4.31. The molecule has 0 spiro atoms. The Labute approximate surface area is 80.7 Å². The van der Waals surface area contributed by atoms with Crippen LogP contribution in [-0.2, 0) is 4.84 Å². The second-order valence-electron chi connectivity index (χ2n) is 4.31. The van der Waals surface area contributed by atoms with E-state index < -0.39 is 0 Å². The molecule has 0 radical (unpaired) electrons. The summed E-state index contributed by atoms with van der Waals surface area (Å²) in [5.41, 5.74) is 2.80. The minimum atomic E-state index is 0.242. The quantitative estimate of drug-likeness (QED) is 0.364. The summed E-state index contributed by atoms with van der Waals surface area (Å²) in [7, 11) is 1.60. The van der Waals surface area contributed by atoms with Crippen LogP contribution in [0.5, 0.6) is 0 Å². The highest BCUT2D eigenvalue weighted by Gasteiger charge is 2.36. The molecule has 1 aliphatic rings. The molecule has 13 heavy (non-hydrogen) atoms. The summed E-state index contributed by atoms with van der Waals surface area (Å²) in [6.07, 6.45) is 3.40. The summed E-state index contributed by atoms with van der Waals surface area (Å²) in [4.78, 5) is 4.81. The molecule has 1 aliphatic carbocycles. The molecule has 2 heteroatoms. The minimum absolute atomic E-state index is 0.242. The van der Waals surface area contributed by atoms with E-state index in [2.05, 4.69) is 32.0 Å². The Kier molecular flexibility index (Phi) is 2.79. The number of allylic oxidation sites excluding steroid dienone is 2. The average Bonchev–Trinajstić information content (AvgIpc) is 2.28. The lowest BCUT2D eigenvalue weighted by molar-refractivity contribution is 0.207. The van der Waals surface area contributed by atoms with Gasteiger partial charge < -0.3 is 4.84 Å². The van der Waals surface area contributed by atoms with Crippen LogP contribution in [0.4, 0.5) is 0 Å². The van der Waals surface area contributed by atoms with Crippen molar-refractivity contribution in [3.63, 3.8) is 0 Å². The van der Waals surface area contributed by atoms with Gasteiger partial charge in [0.05, 0.1) is 5.71 Å². The molecule has 0 aromatic heterocycles. The van der Waals surface area contributed by atoms with E-state index in [1.54, 1.807) is 7.11 Å². The number of hydrogen-bond acceptors (Lipinski definition) is 2. The highest BCUT2D eigenvalue weighted by atomic mass is 16.6. The Morgan fingerprint density at radius 1 is 1.62 bits per heavy atom. The maximum absolute atomic E-state index is 4.81. The molecule has 0 heterocycles. The summed E-state index contributed by atoms with van der Waals surface area (Å²) in [6, 6.07) is 0. The van der Waals surface area contributed by atoms with Gasteiger partial charge in [-0.3, -0.25) is 0 Å². The van der Waals surface area contributed by atoms with Crippen LogP contribution >= 0.6 is 0 Å². The minimum Gasteiger partial charge on any atom is -0.399 e. The highest BCUT2D eigenvalue weighted by Crippen LogP contribution is 2.43. The SMILES string of the molecule is CON=C(C)C1CC=C(C)C1(C)C. The van der Waals surface area contributed by atoms with Crippen molar-refractivity contribution in [2.75, 3.05) is 7.11 Å². The zero-order chi connectivity index (χ0) is 10.1. The Morgan fingerprint density at radius 2 is 2.23 bits per heavy atom. The number of nitrogens with zero attached hydrogens (tertiary/aromatic N) is 1. The average molecular weight is 181 g/mol. The summed E-state index contributed by atoms with van der Waals surface area (Å²) in [5.74, 6) is 0.507. The first-order valence-corrected chi connectivity index (χ1v) is 4.75. The van der Waals surface area contributed by atoms with E-state index in [9.17, 15) is 0 Å². The zero-order valence-corrected chi connectivity index (χ0v) is 9.22. The van der Waals surface area contributed by atoms with Crippen molar-refractivity contribution in [3.05, 3.63) is 11.6 Å². The van der Waals surface area contributed by atoms with Gasteiger partial charge in [0.2, 0.25) is 0 Å². The van der Waals surface area contributed by atoms with Gasteiger partial charge in [0.25, 0.3) is 0 Å². The standard InChI is InChI=1S/C11H19NO/c1-8-6-7-10(11(8,3)4)9(2)12-13-5/h6,10H,7H2,1-5H3. The normalized spacial score (nSPS) is 27.3. The van der Waals surface area contributed by atoms with Crippen LogP contribution in [-0.4, -0.2) is 12.8 Å². The molecular weight excluding hydrogens is 162 g/mol. The van der Waals surface area contributed by atoms with Crippen LogP contribution < -0.4 is 0 Å². The molecule has 0 N–H and O–H groups in total. The Hall–Kier alpha value is -0.790. The van der Waals surface area contributed by atoms with E-state index in [4.69, 9.17) is 4.84 Å². The first kappa shape index (κ1) is 10.3. The van der Waals surface area contributed by atoms with Gasteiger partial charge in [0.1, 0.15) is 7.11 Å². The lowest BCUT2D eigenvalue weighted by atomic mass is 9.76. The molecule has 0 bridgehead atoms. The first-order chi connectivity index (χ1) is 6.00. The van der Waals surface area contributed by atoms with Crippen LogP contribution in [0.3, 0.4) is 0 Å². The maximum Gasteiger partial charge on any atom is 0.106 e. The van der Waals surface area contributed by atoms with E-state index in [0.717, 1.165) is 12.1 Å². The van der Waals surface area contributed by atoms with Crippen LogP contribution in [0.1, 0.15) is 34.1 Å². The molecule has 0 aromatic rings. The molecule has 1 rings (SSSR count).